The number of carbonyl (C=O) groups excluding carboxylic acids is 1. The monoisotopic (exact) mass is 284 g/mol. The van der Waals surface area contributed by atoms with Crippen LogP contribution < -0.4 is 5.32 Å². The molecule has 1 aromatic rings. The first-order chi connectivity index (χ1) is 8.90. The Morgan fingerprint density at radius 1 is 1.42 bits per heavy atom. The van der Waals surface area contributed by atoms with Crippen molar-refractivity contribution >= 4 is 17.2 Å². The third-order valence-electron chi connectivity index (χ3n) is 3.00. The highest BCUT2D eigenvalue weighted by molar-refractivity contribution is 7.10. The number of hydrogen-bond acceptors (Lipinski definition) is 4. The summed E-state index contributed by atoms with van der Waals surface area (Å²) in [6, 6.07) is 4.17. The van der Waals surface area contributed by atoms with E-state index in [1.165, 1.54) is 0 Å². The van der Waals surface area contributed by atoms with Gasteiger partial charge in [-0.1, -0.05) is 6.07 Å². The number of carbonyl (C=O) groups is 1. The molecule has 0 radical (unpaired) electrons. The lowest BCUT2D eigenvalue weighted by Gasteiger charge is -2.22. The van der Waals surface area contributed by atoms with E-state index in [4.69, 9.17) is 0 Å². The molecule has 0 aliphatic rings. The Balaban J connectivity index is 2.34. The first kappa shape index (κ1) is 16.1. The van der Waals surface area contributed by atoms with Crippen molar-refractivity contribution in [3.63, 3.8) is 0 Å². The van der Waals surface area contributed by atoms with Gasteiger partial charge in [-0.25, -0.2) is 0 Å². The average Bonchev–Trinajstić information content (AvgIpc) is 2.81. The summed E-state index contributed by atoms with van der Waals surface area (Å²) in [4.78, 5) is 14.2. The average molecular weight is 284 g/mol. The molecule has 3 unspecified atom stereocenters. The predicted octanol–water partition coefficient (Wildman–Crippen LogP) is 2.02. The van der Waals surface area contributed by atoms with Gasteiger partial charge in [0.1, 0.15) is 0 Å². The van der Waals surface area contributed by atoms with Gasteiger partial charge in [-0.3, -0.25) is 4.79 Å². The highest BCUT2D eigenvalue weighted by Gasteiger charge is 2.17. The molecule has 0 fully saturated rings. The van der Waals surface area contributed by atoms with Crippen molar-refractivity contribution in [1.82, 2.24) is 10.2 Å². The molecular formula is C14H24N2O2S. The number of thiophene rings is 1. The minimum absolute atomic E-state index is 0.112. The summed E-state index contributed by atoms with van der Waals surface area (Å²) in [7, 11) is 3.53. The quantitative estimate of drug-likeness (QED) is 0.805. The maximum absolute atomic E-state index is 11.6. The normalized spacial score (nSPS) is 15.8. The van der Waals surface area contributed by atoms with Gasteiger partial charge in [-0.2, -0.15) is 0 Å². The topological polar surface area (TPSA) is 52.6 Å². The number of rotatable bonds is 7. The molecule has 108 valence electrons. The van der Waals surface area contributed by atoms with Crippen LogP contribution in [0.4, 0.5) is 0 Å². The van der Waals surface area contributed by atoms with Crippen LogP contribution in [0.5, 0.6) is 0 Å². The Hall–Kier alpha value is -0.910. The summed E-state index contributed by atoms with van der Waals surface area (Å²) in [5.74, 6) is 0.117. The van der Waals surface area contributed by atoms with Crippen molar-refractivity contribution in [2.75, 3.05) is 14.1 Å². The standard InChI is InChI=1S/C14H24N2O2S/c1-10(8-12(17)13-6-5-7-19-13)15-11(2)9-14(18)16(3)4/h5-7,10-12,15,17H,8-9H2,1-4H3. The Bertz CT molecular complexity index is 379. The number of aliphatic hydroxyl groups is 1. The second-order valence-corrected chi connectivity index (χ2v) is 6.21. The lowest BCUT2D eigenvalue weighted by atomic mass is 10.1. The highest BCUT2D eigenvalue weighted by atomic mass is 32.1. The van der Waals surface area contributed by atoms with Gasteiger partial charge in [0.05, 0.1) is 6.10 Å². The van der Waals surface area contributed by atoms with E-state index in [1.54, 1.807) is 30.3 Å². The summed E-state index contributed by atoms with van der Waals surface area (Å²) in [6.45, 7) is 4.03. The largest absolute Gasteiger partial charge is 0.388 e. The maximum atomic E-state index is 11.6. The van der Waals surface area contributed by atoms with Crippen LogP contribution in [0.2, 0.25) is 0 Å². The number of nitrogens with one attached hydrogen (secondary N) is 1. The van der Waals surface area contributed by atoms with E-state index >= 15 is 0 Å². The molecule has 1 aromatic heterocycles. The zero-order valence-corrected chi connectivity index (χ0v) is 12.9. The van der Waals surface area contributed by atoms with Crippen molar-refractivity contribution in [2.45, 2.75) is 44.9 Å². The van der Waals surface area contributed by atoms with E-state index in [0.717, 1.165) is 4.88 Å². The van der Waals surface area contributed by atoms with Crippen LogP contribution in [-0.4, -0.2) is 42.1 Å². The summed E-state index contributed by atoms with van der Waals surface area (Å²) in [5, 5.41) is 15.4. The number of aliphatic hydroxyl groups excluding tert-OH is 1. The fourth-order valence-corrected chi connectivity index (χ4v) is 2.71. The van der Waals surface area contributed by atoms with E-state index in [1.807, 2.05) is 31.4 Å². The number of amides is 1. The maximum Gasteiger partial charge on any atom is 0.223 e. The highest BCUT2D eigenvalue weighted by Crippen LogP contribution is 2.22. The van der Waals surface area contributed by atoms with E-state index < -0.39 is 6.10 Å². The lowest BCUT2D eigenvalue weighted by molar-refractivity contribution is -0.129. The van der Waals surface area contributed by atoms with Crippen molar-refractivity contribution in [1.29, 1.82) is 0 Å². The fourth-order valence-electron chi connectivity index (χ4n) is 1.99. The van der Waals surface area contributed by atoms with Gasteiger partial charge in [0.25, 0.3) is 0 Å². The van der Waals surface area contributed by atoms with Crippen LogP contribution >= 0.6 is 11.3 Å². The van der Waals surface area contributed by atoms with Crippen molar-refractivity contribution in [3.8, 4) is 0 Å². The summed E-state index contributed by atoms with van der Waals surface area (Å²) < 4.78 is 0. The molecule has 1 amide bonds. The van der Waals surface area contributed by atoms with Crippen molar-refractivity contribution < 1.29 is 9.90 Å². The van der Waals surface area contributed by atoms with Crippen molar-refractivity contribution in [3.05, 3.63) is 22.4 Å². The SMILES string of the molecule is CC(CC(=O)N(C)C)NC(C)CC(O)c1cccs1. The van der Waals surface area contributed by atoms with Crippen LogP contribution in [0, 0.1) is 0 Å². The molecule has 1 rings (SSSR count). The Morgan fingerprint density at radius 2 is 2.11 bits per heavy atom. The Labute approximate surface area is 119 Å². The second-order valence-electron chi connectivity index (χ2n) is 5.23. The van der Waals surface area contributed by atoms with Crippen LogP contribution in [0.1, 0.15) is 37.7 Å². The molecule has 0 bridgehead atoms. The van der Waals surface area contributed by atoms with Gasteiger partial charge in [0.2, 0.25) is 5.91 Å². The molecule has 19 heavy (non-hydrogen) atoms. The molecule has 0 aliphatic heterocycles. The third kappa shape index (κ3) is 5.72. The van der Waals surface area contributed by atoms with Crippen LogP contribution in [0.25, 0.3) is 0 Å². The zero-order chi connectivity index (χ0) is 14.4. The summed E-state index contributed by atoms with van der Waals surface area (Å²) in [5.41, 5.74) is 0. The molecule has 0 saturated heterocycles. The number of hydrogen-bond donors (Lipinski definition) is 2. The minimum Gasteiger partial charge on any atom is -0.388 e. The molecular weight excluding hydrogens is 260 g/mol. The van der Waals surface area contributed by atoms with Gasteiger partial charge in [-0.15, -0.1) is 11.3 Å². The molecule has 1 heterocycles. The van der Waals surface area contributed by atoms with Crippen LogP contribution in [-0.2, 0) is 4.79 Å². The number of nitrogens with zero attached hydrogens (tertiary/aromatic N) is 1. The minimum atomic E-state index is -0.431. The first-order valence-electron chi connectivity index (χ1n) is 6.57. The molecule has 5 heteroatoms. The van der Waals surface area contributed by atoms with E-state index in [9.17, 15) is 9.90 Å². The van der Waals surface area contributed by atoms with E-state index in [2.05, 4.69) is 5.32 Å². The third-order valence-corrected chi connectivity index (χ3v) is 3.97. The second kappa shape index (κ2) is 7.62. The molecule has 3 atom stereocenters. The first-order valence-corrected chi connectivity index (χ1v) is 7.45. The zero-order valence-electron chi connectivity index (χ0n) is 12.1. The predicted molar refractivity (Wildman–Crippen MR) is 79.3 cm³/mol. The van der Waals surface area contributed by atoms with Gasteiger partial charge < -0.3 is 15.3 Å². The summed E-state index contributed by atoms with van der Waals surface area (Å²) >= 11 is 1.57. The lowest BCUT2D eigenvalue weighted by Crippen LogP contribution is -2.38. The van der Waals surface area contributed by atoms with E-state index in [0.29, 0.717) is 12.8 Å². The fraction of sp³-hybridized carbons (Fsp3) is 0.643. The van der Waals surface area contributed by atoms with Gasteiger partial charge in [0, 0.05) is 37.5 Å². The smallest absolute Gasteiger partial charge is 0.223 e. The molecule has 0 saturated carbocycles. The molecule has 0 aromatic carbocycles. The van der Waals surface area contributed by atoms with Gasteiger partial charge >= 0.3 is 0 Å². The van der Waals surface area contributed by atoms with E-state index in [-0.39, 0.29) is 18.0 Å². The molecule has 2 N–H and O–H groups in total. The molecule has 0 aliphatic carbocycles. The summed E-state index contributed by atoms with van der Waals surface area (Å²) in [6.07, 6.45) is 0.701. The molecule has 0 spiro atoms. The van der Waals surface area contributed by atoms with Gasteiger partial charge in [0.15, 0.2) is 0 Å². The molecule has 4 nitrogen and oxygen atoms in total. The van der Waals surface area contributed by atoms with Crippen molar-refractivity contribution in [2.24, 2.45) is 0 Å². The Morgan fingerprint density at radius 3 is 2.63 bits per heavy atom. The Kier molecular flexibility index (Phi) is 6.48. The van der Waals surface area contributed by atoms with Gasteiger partial charge in [-0.05, 0) is 31.7 Å². The van der Waals surface area contributed by atoms with Crippen LogP contribution in [0.15, 0.2) is 17.5 Å². The van der Waals surface area contributed by atoms with Crippen LogP contribution in [0.3, 0.4) is 0 Å².